The Morgan fingerprint density at radius 2 is 1.81 bits per heavy atom. The van der Waals surface area contributed by atoms with E-state index in [2.05, 4.69) is 4.98 Å². The SMILES string of the molecule is Cc1nc2cc(COC(C)c3ccc(C4C[C@@]5(C)C(CC[C@@]5(O)C(F)(F)C(F)(F)F)C5CCC6=CC(=O)CCC6=C45)cc3)ccc2s1. The highest BCUT2D eigenvalue weighted by Crippen LogP contribution is 2.70. The van der Waals surface area contributed by atoms with Crippen LogP contribution < -0.4 is 0 Å². The maximum Gasteiger partial charge on any atom is 0.456 e. The lowest BCUT2D eigenvalue weighted by molar-refractivity contribution is -0.362. The number of carbonyl (C=O) groups excluding carboxylic acids is 1. The van der Waals surface area contributed by atoms with E-state index in [0.29, 0.717) is 32.3 Å². The lowest BCUT2D eigenvalue weighted by Gasteiger charge is -2.56. The van der Waals surface area contributed by atoms with Crippen molar-refractivity contribution in [2.75, 3.05) is 0 Å². The van der Waals surface area contributed by atoms with Crippen molar-refractivity contribution < 1.29 is 36.6 Å². The first-order valence-corrected chi connectivity index (χ1v) is 17.2. The third-order valence-electron chi connectivity index (χ3n) is 11.6. The minimum atomic E-state index is -5.87. The zero-order valence-electron chi connectivity index (χ0n) is 26.6. The molecular weight excluding hydrogens is 633 g/mol. The van der Waals surface area contributed by atoms with Crippen molar-refractivity contribution in [2.45, 2.75) is 102 Å². The number of halogens is 5. The number of aliphatic hydroxyl groups is 1. The van der Waals surface area contributed by atoms with Gasteiger partial charge in [0.1, 0.15) is 5.60 Å². The monoisotopic (exact) mass is 671 g/mol. The van der Waals surface area contributed by atoms with Crippen LogP contribution in [0.25, 0.3) is 10.2 Å². The fourth-order valence-electron chi connectivity index (χ4n) is 9.21. The van der Waals surface area contributed by atoms with Gasteiger partial charge < -0.3 is 9.84 Å². The van der Waals surface area contributed by atoms with Gasteiger partial charge in [-0.3, -0.25) is 4.79 Å². The van der Waals surface area contributed by atoms with E-state index in [1.165, 1.54) is 6.92 Å². The highest BCUT2D eigenvalue weighted by Gasteiger charge is 2.79. The molecule has 2 aromatic carbocycles. The molecule has 0 amide bonds. The van der Waals surface area contributed by atoms with E-state index in [4.69, 9.17) is 4.74 Å². The van der Waals surface area contributed by atoms with Gasteiger partial charge in [0.25, 0.3) is 0 Å². The Hall–Kier alpha value is -2.95. The zero-order chi connectivity index (χ0) is 33.5. The van der Waals surface area contributed by atoms with Crippen LogP contribution in [0.5, 0.6) is 0 Å². The fraction of sp³-hybridized carbons (Fsp3) is 0.514. The van der Waals surface area contributed by atoms with Gasteiger partial charge in [-0.05, 0) is 110 Å². The van der Waals surface area contributed by atoms with Gasteiger partial charge in [-0.25, -0.2) is 4.98 Å². The zero-order valence-corrected chi connectivity index (χ0v) is 27.4. The first kappa shape index (κ1) is 32.6. The molecule has 4 unspecified atom stereocenters. The van der Waals surface area contributed by atoms with Crippen LogP contribution in [-0.4, -0.2) is 33.6 Å². The number of ketones is 1. The lowest BCUT2D eigenvalue weighted by Crippen LogP contribution is -2.65. The number of benzene rings is 2. The number of fused-ring (bicyclic) bond motifs is 5. The maximum absolute atomic E-state index is 15.3. The molecule has 3 aromatic rings. The van der Waals surface area contributed by atoms with E-state index in [1.807, 2.05) is 56.3 Å². The summed E-state index contributed by atoms with van der Waals surface area (Å²) in [5.74, 6) is -6.45. The predicted molar refractivity (Wildman–Crippen MR) is 170 cm³/mol. The van der Waals surface area contributed by atoms with E-state index >= 15 is 8.78 Å². The second kappa shape index (κ2) is 11.3. The summed E-state index contributed by atoms with van der Waals surface area (Å²) >= 11 is 1.64. The molecule has 47 heavy (non-hydrogen) atoms. The number of hydrogen-bond acceptors (Lipinski definition) is 5. The maximum atomic E-state index is 15.3. The second-order valence-corrected chi connectivity index (χ2v) is 15.4. The minimum absolute atomic E-state index is 0.0413. The Labute approximate surface area is 274 Å². The molecule has 0 spiro atoms. The van der Waals surface area contributed by atoms with Gasteiger partial charge in [-0.15, -0.1) is 11.3 Å². The first-order valence-electron chi connectivity index (χ1n) is 16.3. The van der Waals surface area contributed by atoms with E-state index in [-0.39, 0.29) is 30.6 Å². The summed E-state index contributed by atoms with van der Waals surface area (Å²) < 4.78 is 79.4. The van der Waals surface area contributed by atoms with E-state index in [9.17, 15) is 23.1 Å². The van der Waals surface area contributed by atoms with Crippen LogP contribution in [0.15, 0.2) is 65.3 Å². The number of aryl methyl sites for hydroxylation is 1. The molecule has 250 valence electrons. The number of hydrogen-bond donors (Lipinski definition) is 1. The molecule has 1 aromatic heterocycles. The van der Waals surface area contributed by atoms with Gasteiger partial charge in [0.2, 0.25) is 0 Å². The van der Waals surface area contributed by atoms with Crippen molar-refractivity contribution in [1.82, 2.24) is 4.98 Å². The normalized spacial score (nSPS) is 30.2. The van der Waals surface area contributed by atoms with Crippen molar-refractivity contribution >= 4 is 27.3 Å². The molecule has 6 atom stereocenters. The second-order valence-electron chi connectivity index (χ2n) is 14.1. The van der Waals surface area contributed by atoms with Crippen molar-refractivity contribution in [3.8, 4) is 0 Å². The van der Waals surface area contributed by atoms with Crippen LogP contribution in [0.3, 0.4) is 0 Å². The third kappa shape index (κ3) is 5.12. The van der Waals surface area contributed by atoms with Gasteiger partial charge in [0.05, 0.1) is 27.9 Å². The highest BCUT2D eigenvalue weighted by atomic mass is 32.1. The number of nitrogens with zero attached hydrogens (tertiary/aromatic N) is 1. The summed E-state index contributed by atoms with van der Waals surface area (Å²) in [5.41, 5.74) is 1.82. The molecule has 10 heteroatoms. The number of thiazole rings is 1. The Morgan fingerprint density at radius 3 is 2.53 bits per heavy atom. The van der Waals surface area contributed by atoms with Crippen LogP contribution in [0.4, 0.5) is 22.0 Å². The van der Waals surface area contributed by atoms with Gasteiger partial charge in [-0.1, -0.05) is 42.8 Å². The van der Waals surface area contributed by atoms with Gasteiger partial charge >= 0.3 is 12.1 Å². The van der Waals surface area contributed by atoms with E-state index in [0.717, 1.165) is 48.6 Å². The molecule has 0 bridgehead atoms. The molecule has 0 saturated heterocycles. The Morgan fingerprint density at radius 1 is 1.06 bits per heavy atom. The smallest absolute Gasteiger partial charge is 0.383 e. The summed E-state index contributed by atoms with van der Waals surface area (Å²) in [6.07, 6.45) is -3.00. The van der Waals surface area contributed by atoms with E-state index < -0.39 is 41.4 Å². The average Bonchev–Trinajstić information content (AvgIpc) is 3.54. The van der Waals surface area contributed by atoms with Crippen LogP contribution in [0.2, 0.25) is 0 Å². The summed E-state index contributed by atoms with van der Waals surface area (Å²) in [6.45, 7) is 5.75. The Bertz CT molecular complexity index is 1790. The lowest BCUT2D eigenvalue weighted by atomic mass is 9.50. The highest BCUT2D eigenvalue weighted by molar-refractivity contribution is 7.18. The molecule has 2 saturated carbocycles. The molecule has 4 nitrogen and oxygen atoms in total. The van der Waals surface area contributed by atoms with Crippen molar-refractivity contribution in [1.29, 1.82) is 0 Å². The topological polar surface area (TPSA) is 59.4 Å². The van der Waals surface area contributed by atoms with E-state index in [1.54, 1.807) is 17.4 Å². The number of aromatic nitrogens is 1. The quantitative estimate of drug-likeness (QED) is 0.265. The summed E-state index contributed by atoms with van der Waals surface area (Å²) in [5, 5.41) is 12.5. The summed E-state index contributed by atoms with van der Waals surface area (Å²) in [6, 6.07) is 13.8. The molecule has 1 N–H and O–H groups in total. The standard InChI is InChI=1S/C37H38F5NO3S/c1-20(46-19-22-4-13-32-31(16-22)43-21(2)47-32)23-5-7-24(8-6-23)29-18-34(3)30(14-15-35(34,45)36(38,39)37(40,41)42)28-11-9-25-17-26(44)10-12-27(25)33(28)29/h4-8,13,16-17,20,28-30,45H,9-12,14-15,18-19H2,1-3H3/t20?,28?,29?,30?,34-,35-/m0/s1. The number of rotatable bonds is 6. The average molecular weight is 672 g/mol. The van der Waals surface area contributed by atoms with Crippen molar-refractivity contribution in [2.24, 2.45) is 17.3 Å². The van der Waals surface area contributed by atoms with Crippen molar-refractivity contribution in [3.05, 3.63) is 87.0 Å². The number of alkyl halides is 5. The summed E-state index contributed by atoms with van der Waals surface area (Å²) in [7, 11) is 0. The molecular formula is C37H38F5NO3S. The molecule has 0 radical (unpaired) electrons. The van der Waals surface area contributed by atoms with Crippen LogP contribution >= 0.6 is 11.3 Å². The molecule has 1 heterocycles. The Balaban J connectivity index is 1.21. The van der Waals surface area contributed by atoms with Gasteiger partial charge in [-0.2, -0.15) is 22.0 Å². The molecule has 4 aliphatic carbocycles. The third-order valence-corrected chi connectivity index (χ3v) is 12.6. The number of allylic oxidation sites excluding steroid dienone is 4. The number of ether oxygens (including phenoxy) is 1. The first-order chi connectivity index (χ1) is 22.1. The van der Waals surface area contributed by atoms with Crippen LogP contribution in [-0.2, 0) is 16.1 Å². The van der Waals surface area contributed by atoms with Gasteiger partial charge in [0.15, 0.2) is 5.78 Å². The predicted octanol–water partition coefficient (Wildman–Crippen LogP) is 9.71. The summed E-state index contributed by atoms with van der Waals surface area (Å²) in [4.78, 5) is 16.9. The molecule has 7 rings (SSSR count). The van der Waals surface area contributed by atoms with Crippen LogP contribution in [0.1, 0.15) is 92.5 Å². The minimum Gasteiger partial charge on any atom is -0.383 e. The largest absolute Gasteiger partial charge is 0.456 e. The number of carbonyl (C=O) groups is 1. The molecule has 0 aliphatic heterocycles. The van der Waals surface area contributed by atoms with Crippen LogP contribution in [0, 0.1) is 24.2 Å². The molecule has 4 aliphatic rings. The Kier molecular flexibility index (Phi) is 7.84. The van der Waals surface area contributed by atoms with Gasteiger partial charge in [0, 0.05) is 17.8 Å². The van der Waals surface area contributed by atoms with Crippen molar-refractivity contribution in [3.63, 3.8) is 0 Å². The fourth-order valence-corrected chi connectivity index (χ4v) is 10.0. The molecule has 2 fully saturated rings.